The third kappa shape index (κ3) is 2.79. The topological polar surface area (TPSA) is 93.7 Å². The van der Waals surface area contributed by atoms with Crippen molar-refractivity contribution in [3.8, 4) is 0 Å². The Morgan fingerprint density at radius 3 is 3.00 bits per heavy atom. The van der Waals surface area contributed by atoms with Gasteiger partial charge in [-0.25, -0.2) is 10.2 Å². The molecule has 7 nitrogen and oxygen atoms in total. The lowest BCUT2D eigenvalue weighted by molar-refractivity contribution is -0.155. The van der Waals surface area contributed by atoms with Crippen LogP contribution in [0.2, 0.25) is 0 Å². The summed E-state index contributed by atoms with van der Waals surface area (Å²) in [7, 11) is 0. The first-order chi connectivity index (χ1) is 10.6. The number of thioether (sulfide) groups is 1. The van der Waals surface area contributed by atoms with Gasteiger partial charge in [0.25, 0.3) is 0 Å². The Balaban J connectivity index is 1.85. The zero-order valence-electron chi connectivity index (χ0n) is 11.8. The van der Waals surface area contributed by atoms with Crippen molar-refractivity contribution in [1.29, 1.82) is 0 Å². The maximum Gasteiger partial charge on any atom is 0.349 e. The molecule has 2 N–H and O–H groups in total. The Labute approximate surface area is 130 Å². The van der Waals surface area contributed by atoms with Gasteiger partial charge in [0.1, 0.15) is 0 Å². The first-order valence-electron chi connectivity index (χ1n) is 6.73. The first kappa shape index (κ1) is 14.9. The number of hydrazine groups is 1. The number of carbonyl (C=O) groups excluding carboxylic acids is 3. The van der Waals surface area contributed by atoms with E-state index in [0.29, 0.717) is 10.8 Å². The van der Waals surface area contributed by atoms with Gasteiger partial charge in [-0.15, -0.1) is 11.8 Å². The maximum absolute atomic E-state index is 12.0. The summed E-state index contributed by atoms with van der Waals surface area (Å²) in [6.07, 6.45) is 3.11. The predicted molar refractivity (Wildman–Crippen MR) is 78.0 cm³/mol. The van der Waals surface area contributed by atoms with Crippen molar-refractivity contribution in [2.75, 3.05) is 18.9 Å². The average molecular weight is 322 g/mol. The van der Waals surface area contributed by atoms with Gasteiger partial charge in [0.05, 0.1) is 4.91 Å². The molecule has 3 aliphatic rings. The van der Waals surface area contributed by atoms with Crippen molar-refractivity contribution in [2.45, 2.75) is 6.92 Å². The summed E-state index contributed by atoms with van der Waals surface area (Å²) in [5, 5.41) is 0. The average Bonchev–Trinajstić information content (AvgIpc) is 2.96. The molecule has 0 radical (unpaired) electrons. The van der Waals surface area contributed by atoms with Crippen LogP contribution in [0.1, 0.15) is 6.92 Å². The van der Waals surface area contributed by atoms with Crippen molar-refractivity contribution in [3.63, 3.8) is 0 Å². The number of ether oxygens (including phenoxy) is 2. The van der Waals surface area contributed by atoms with Crippen LogP contribution in [0.15, 0.2) is 34.1 Å². The van der Waals surface area contributed by atoms with Crippen LogP contribution in [0.3, 0.4) is 0 Å². The van der Waals surface area contributed by atoms with E-state index < -0.39 is 18.5 Å². The van der Waals surface area contributed by atoms with Gasteiger partial charge in [0, 0.05) is 36.4 Å². The standard InChI is InChI=1S/C14H14N2O5S/c1-7(17)20-5-11(19)21-13-10(18)3-2-9-12-8(4-15-16-12)6-22-14(9)13/h2-3,8,15-16H,4-6H2,1H3. The second kappa shape index (κ2) is 5.98. The lowest BCUT2D eigenvalue weighted by atomic mass is 9.98. The highest BCUT2D eigenvalue weighted by Crippen LogP contribution is 2.42. The summed E-state index contributed by atoms with van der Waals surface area (Å²) < 4.78 is 9.71. The molecule has 2 aliphatic heterocycles. The quantitative estimate of drug-likeness (QED) is 0.710. The van der Waals surface area contributed by atoms with E-state index in [-0.39, 0.29) is 11.5 Å². The van der Waals surface area contributed by atoms with E-state index in [1.54, 1.807) is 6.08 Å². The van der Waals surface area contributed by atoms with Crippen LogP contribution in [0.4, 0.5) is 0 Å². The molecule has 1 atom stereocenters. The number of fused-ring (bicyclic) bond motifs is 2. The molecule has 8 heteroatoms. The molecule has 0 aromatic rings. The molecule has 1 aliphatic carbocycles. The molecule has 116 valence electrons. The Morgan fingerprint density at radius 2 is 2.23 bits per heavy atom. The number of nitrogens with one attached hydrogen (secondary N) is 2. The Morgan fingerprint density at radius 1 is 1.41 bits per heavy atom. The third-order valence-corrected chi connectivity index (χ3v) is 4.65. The Kier molecular flexibility index (Phi) is 4.04. The van der Waals surface area contributed by atoms with Crippen molar-refractivity contribution in [2.24, 2.45) is 5.92 Å². The fourth-order valence-electron chi connectivity index (χ4n) is 2.39. The van der Waals surface area contributed by atoms with Crippen molar-refractivity contribution < 1.29 is 23.9 Å². The predicted octanol–water partition coefficient (Wildman–Crippen LogP) is 0.168. The monoisotopic (exact) mass is 322 g/mol. The fourth-order valence-corrected chi connectivity index (χ4v) is 3.65. The molecule has 3 rings (SSSR count). The lowest BCUT2D eigenvalue weighted by Gasteiger charge is -2.25. The molecular formula is C14H14N2O5S. The van der Waals surface area contributed by atoms with Gasteiger partial charge in [0.15, 0.2) is 12.4 Å². The van der Waals surface area contributed by atoms with E-state index in [9.17, 15) is 14.4 Å². The molecule has 0 amide bonds. The Bertz CT molecular complexity index is 650. The number of esters is 2. The summed E-state index contributed by atoms with van der Waals surface area (Å²) in [5.41, 5.74) is 8.03. The summed E-state index contributed by atoms with van der Waals surface area (Å²) in [6.45, 7) is 1.51. The number of rotatable bonds is 3. The number of carbonyl (C=O) groups is 3. The van der Waals surface area contributed by atoms with Crippen LogP contribution >= 0.6 is 11.8 Å². The van der Waals surface area contributed by atoms with E-state index in [1.807, 2.05) is 0 Å². The summed E-state index contributed by atoms with van der Waals surface area (Å²) in [5.74, 6) is -0.582. The summed E-state index contributed by atoms with van der Waals surface area (Å²) in [4.78, 5) is 35.1. The maximum atomic E-state index is 12.0. The van der Waals surface area contributed by atoms with E-state index in [1.165, 1.54) is 24.8 Å². The molecule has 1 saturated heterocycles. The van der Waals surface area contributed by atoms with E-state index in [2.05, 4.69) is 15.6 Å². The largest absolute Gasteiger partial charge is 0.454 e. The van der Waals surface area contributed by atoms with Gasteiger partial charge in [-0.2, -0.15) is 0 Å². The van der Waals surface area contributed by atoms with Crippen molar-refractivity contribution >= 4 is 29.5 Å². The Hall–Kier alpha value is -2.06. The van der Waals surface area contributed by atoms with Gasteiger partial charge in [0.2, 0.25) is 5.78 Å². The summed E-state index contributed by atoms with van der Waals surface area (Å²) >= 11 is 1.49. The molecule has 2 heterocycles. The molecule has 0 aromatic carbocycles. The van der Waals surface area contributed by atoms with Crippen LogP contribution in [0.25, 0.3) is 0 Å². The minimum atomic E-state index is -0.772. The van der Waals surface area contributed by atoms with Crippen LogP contribution in [0, 0.1) is 5.92 Å². The molecule has 0 saturated carbocycles. The number of hydrogen-bond donors (Lipinski definition) is 2. The van der Waals surface area contributed by atoms with Crippen LogP contribution in [-0.4, -0.2) is 36.6 Å². The van der Waals surface area contributed by atoms with Crippen LogP contribution in [-0.2, 0) is 23.9 Å². The second-order valence-electron chi connectivity index (χ2n) is 4.95. The van der Waals surface area contributed by atoms with Crippen molar-refractivity contribution in [3.05, 3.63) is 34.1 Å². The molecule has 0 aromatic heterocycles. The smallest absolute Gasteiger partial charge is 0.349 e. The molecule has 0 bridgehead atoms. The van der Waals surface area contributed by atoms with Gasteiger partial charge >= 0.3 is 11.9 Å². The van der Waals surface area contributed by atoms with Gasteiger partial charge < -0.3 is 14.9 Å². The third-order valence-electron chi connectivity index (χ3n) is 3.38. The van der Waals surface area contributed by atoms with Crippen molar-refractivity contribution in [1.82, 2.24) is 10.9 Å². The SMILES string of the molecule is CC(=O)OCC(=O)OC1=C2SCC3CNNC3=C2C=CC1=O. The number of allylic oxidation sites excluding steroid dienone is 3. The minimum absolute atomic E-state index is 0.000646. The second-order valence-corrected chi connectivity index (χ2v) is 5.98. The summed E-state index contributed by atoms with van der Waals surface area (Å²) in [6, 6.07) is 0. The zero-order valence-corrected chi connectivity index (χ0v) is 12.6. The molecule has 0 spiro atoms. The number of hydrogen-bond acceptors (Lipinski definition) is 8. The molecule has 22 heavy (non-hydrogen) atoms. The van der Waals surface area contributed by atoms with Gasteiger partial charge in [-0.05, 0) is 12.2 Å². The molecular weight excluding hydrogens is 308 g/mol. The fraction of sp³-hybridized carbons (Fsp3) is 0.357. The molecule has 1 fully saturated rings. The highest BCUT2D eigenvalue weighted by Gasteiger charge is 2.35. The van der Waals surface area contributed by atoms with E-state index in [4.69, 9.17) is 4.74 Å². The normalized spacial score (nSPS) is 23.0. The van der Waals surface area contributed by atoms with Crippen LogP contribution in [0.5, 0.6) is 0 Å². The van der Waals surface area contributed by atoms with E-state index in [0.717, 1.165) is 23.6 Å². The van der Waals surface area contributed by atoms with E-state index >= 15 is 0 Å². The first-order valence-corrected chi connectivity index (χ1v) is 7.71. The molecule has 1 unspecified atom stereocenters. The zero-order chi connectivity index (χ0) is 15.7. The number of ketones is 1. The van der Waals surface area contributed by atoms with Gasteiger partial charge in [-0.1, -0.05) is 0 Å². The van der Waals surface area contributed by atoms with Crippen LogP contribution < -0.4 is 10.9 Å². The highest BCUT2D eigenvalue weighted by molar-refractivity contribution is 8.03. The van der Waals surface area contributed by atoms with Gasteiger partial charge in [-0.3, -0.25) is 9.59 Å². The highest BCUT2D eigenvalue weighted by atomic mass is 32.2. The lowest BCUT2D eigenvalue weighted by Crippen LogP contribution is -2.25. The minimum Gasteiger partial charge on any atom is -0.454 e.